The van der Waals surface area contributed by atoms with Crippen LogP contribution in [0.15, 0.2) is 18.2 Å². The minimum absolute atomic E-state index is 0.0194. The quantitative estimate of drug-likeness (QED) is 0.815. The Labute approximate surface area is 111 Å². The number of nitrogens with two attached hydrogens (primary N) is 1. The van der Waals surface area contributed by atoms with E-state index in [1.165, 1.54) is 11.1 Å². The number of benzene rings is 1. The summed E-state index contributed by atoms with van der Waals surface area (Å²) in [5.74, 6) is 0.924. The molecule has 0 aliphatic carbocycles. The van der Waals surface area contributed by atoms with Gasteiger partial charge in [0.25, 0.3) is 0 Å². The first-order valence-electron chi connectivity index (χ1n) is 6.54. The van der Waals surface area contributed by atoms with E-state index in [0.29, 0.717) is 6.54 Å². The zero-order chi connectivity index (χ0) is 13.8. The number of hydrogen-bond donors (Lipinski definition) is 2. The highest BCUT2D eigenvalue weighted by atomic mass is 16.5. The standard InChI is InChI=1S/C15H26N2O/c1-6-11-7-8-13(18-5)12(9-11)14(17-4)15(2,3)10-16/h7-9,14,17H,6,10,16H2,1-5H3. The van der Waals surface area contributed by atoms with E-state index in [1.807, 2.05) is 13.1 Å². The Morgan fingerprint density at radius 3 is 2.50 bits per heavy atom. The number of ether oxygens (including phenoxy) is 1. The number of rotatable bonds is 6. The molecular weight excluding hydrogens is 224 g/mol. The predicted octanol–water partition coefficient (Wildman–Crippen LogP) is 2.50. The van der Waals surface area contributed by atoms with Crippen molar-refractivity contribution >= 4 is 0 Å². The van der Waals surface area contributed by atoms with Crippen molar-refractivity contribution in [2.75, 3.05) is 20.7 Å². The summed E-state index contributed by atoms with van der Waals surface area (Å²) in [5, 5.41) is 3.38. The van der Waals surface area contributed by atoms with E-state index in [-0.39, 0.29) is 11.5 Å². The van der Waals surface area contributed by atoms with Crippen molar-refractivity contribution in [2.24, 2.45) is 11.1 Å². The largest absolute Gasteiger partial charge is 0.496 e. The van der Waals surface area contributed by atoms with Crippen molar-refractivity contribution in [1.82, 2.24) is 5.32 Å². The smallest absolute Gasteiger partial charge is 0.123 e. The lowest BCUT2D eigenvalue weighted by atomic mass is 9.79. The fourth-order valence-electron chi connectivity index (χ4n) is 2.31. The van der Waals surface area contributed by atoms with Crippen LogP contribution in [0.25, 0.3) is 0 Å². The topological polar surface area (TPSA) is 47.3 Å². The second kappa shape index (κ2) is 6.21. The molecule has 102 valence electrons. The molecule has 0 aromatic heterocycles. The monoisotopic (exact) mass is 250 g/mol. The lowest BCUT2D eigenvalue weighted by molar-refractivity contribution is 0.258. The molecule has 0 amide bonds. The van der Waals surface area contributed by atoms with Gasteiger partial charge in [0.1, 0.15) is 5.75 Å². The molecule has 1 unspecified atom stereocenters. The lowest BCUT2D eigenvalue weighted by Gasteiger charge is -2.34. The van der Waals surface area contributed by atoms with Gasteiger partial charge < -0.3 is 15.8 Å². The van der Waals surface area contributed by atoms with Crippen molar-refractivity contribution in [3.63, 3.8) is 0 Å². The van der Waals surface area contributed by atoms with Gasteiger partial charge in [0.05, 0.1) is 7.11 Å². The number of aryl methyl sites for hydroxylation is 1. The molecule has 0 spiro atoms. The molecule has 3 heteroatoms. The fourth-order valence-corrected chi connectivity index (χ4v) is 2.31. The van der Waals surface area contributed by atoms with E-state index in [9.17, 15) is 0 Å². The molecule has 3 nitrogen and oxygen atoms in total. The summed E-state index contributed by atoms with van der Waals surface area (Å²) in [6, 6.07) is 6.57. The van der Waals surface area contributed by atoms with Crippen molar-refractivity contribution < 1.29 is 4.74 Å². The number of hydrogen-bond acceptors (Lipinski definition) is 3. The van der Waals surface area contributed by atoms with Crippen LogP contribution in [-0.2, 0) is 6.42 Å². The van der Waals surface area contributed by atoms with Gasteiger partial charge in [0.15, 0.2) is 0 Å². The average molecular weight is 250 g/mol. The Kier molecular flexibility index (Phi) is 5.17. The Bertz CT molecular complexity index is 388. The van der Waals surface area contributed by atoms with Gasteiger partial charge >= 0.3 is 0 Å². The normalized spacial score (nSPS) is 13.4. The molecule has 0 heterocycles. The van der Waals surface area contributed by atoms with Crippen molar-refractivity contribution in [3.8, 4) is 5.75 Å². The van der Waals surface area contributed by atoms with Gasteiger partial charge in [-0.3, -0.25) is 0 Å². The van der Waals surface area contributed by atoms with Gasteiger partial charge in [0, 0.05) is 11.6 Å². The zero-order valence-electron chi connectivity index (χ0n) is 12.2. The second-order valence-electron chi connectivity index (χ2n) is 5.34. The molecule has 0 saturated carbocycles. The summed E-state index contributed by atoms with van der Waals surface area (Å²) >= 11 is 0. The molecule has 1 rings (SSSR count). The Hall–Kier alpha value is -1.06. The molecule has 1 aromatic carbocycles. The van der Waals surface area contributed by atoms with Gasteiger partial charge in [-0.2, -0.15) is 0 Å². The van der Waals surface area contributed by atoms with Gasteiger partial charge in [-0.25, -0.2) is 0 Å². The molecule has 0 saturated heterocycles. The summed E-state index contributed by atoms with van der Waals surface area (Å²) in [6.07, 6.45) is 1.02. The van der Waals surface area contributed by atoms with Crippen LogP contribution in [0.4, 0.5) is 0 Å². The summed E-state index contributed by atoms with van der Waals surface area (Å²) in [4.78, 5) is 0. The van der Waals surface area contributed by atoms with Gasteiger partial charge in [-0.05, 0) is 37.1 Å². The summed E-state index contributed by atoms with van der Waals surface area (Å²) in [7, 11) is 3.69. The van der Waals surface area contributed by atoms with E-state index in [0.717, 1.165) is 12.2 Å². The van der Waals surface area contributed by atoms with Crippen LogP contribution in [0.5, 0.6) is 5.75 Å². The van der Waals surface area contributed by atoms with Crippen LogP contribution in [0.3, 0.4) is 0 Å². The van der Waals surface area contributed by atoms with Gasteiger partial charge in [0.2, 0.25) is 0 Å². The zero-order valence-corrected chi connectivity index (χ0v) is 12.2. The minimum atomic E-state index is -0.0194. The molecule has 0 bridgehead atoms. The van der Waals surface area contributed by atoms with Crippen LogP contribution in [0.2, 0.25) is 0 Å². The van der Waals surface area contributed by atoms with E-state index < -0.39 is 0 Å². The highest BCUT2D eigenvalue weighted by molar-refractivity contribution is 5.40. The Morgan fingerprint density at radius 1 is 1.39 bits per heavy atom. The molecule has 18 heavy (non-hydrogen) atoms. The first-order valence-corrected chi connectivity index (χ1v) is 6.54. The SMILES string of the molecule is CCc1ccc(OC)c(C(NC)C(C)(C)CN)c1. The fraction of sp³-hybridized carbons (Fsp3) is 0.600. The summed E-state index contributed by atoms with van der Waals surface area (Å²) in [5.41, 5.74) is 8.39. The van der Waals surface area contributed by atoms with Gasteiger partial charge in [-0.1, -0.05) is 32.9 Å². The summed E-state index contributed by atoms with van der Waals surface area (Å²) in [6.45, 7) is 7.13. The maximum atomic E-state index is 5.90. The molecule has 0 aliphatic rings. The predicted molar refractivity (Wildman–Crippen MR) is 77.0 cm³/mol. The molecular formula is C15H26N2O. The molecule has 0 fully saturated rings. The lowest BCUT2D eigenvalue weighted by Crippen LogP contribution is -2.38. The van der Waals surface area contributed by atoms with Crippen LogP contribution in [-0.4, -0.2) is 20.7 Å². The maximum Gasteiger partial charge on any atom is 0.123 e. The van der Waals surface area contributed by atoms with Crippen molar-refractivity contribution in [1.29, 1.82) is 0 Å². The highest BCUT2D eigenvalue weighted by Crippen LogP contribution is 2.37. The van der Waals surface area contributed by atoms with Crippen LogP contribution in [0, 0.1) is 5.41 Å². The Morgan fingerprint density at radius 2 is 2.06 bits per heavy atom. The second-order valence-corrected chi connectivity index (χ2v) is 5.34. The third-order valence-electron chi connectivity index (χ3n) is 3.61. The van der Waals surface area contributed by atoms with E-state index in [4.69, 9.17) is 10.5 Å². The minimum Gasteiger partial charge on any atom is -0.496 e. The number of methoxy groups -OCH3 is 1. The van der Waals surface area contributed by atoms with Crippen LogP contribution < -0.4 is 15.8 Å². The maximum absolute atomic E-state index is 5.90. The third-order valence-corrected chi connectivity index (χ3v) is 3.61. The average Bonchev–Trinajstić information content (AvgIpc) is 2.39. The molecule has 0 radical (unpaired) electrons. The molecule has 1 aromatic rings. The number of nitrogens with one attached hydrogen (secondary N) is 1. The van der Waals surface area contributed by atoms with E-state index >= 15 is 0 Å². The van der Waals surface area contributed by atoms with Crippen LogP contribution >= 0.6 is 0 Å². The first kappa shape index (κ1) is 15.0. The Balaban J connectivity index is 3.26. The van der Waals surface area contributed by atoms with Gasteiger partial charge in [-0.15, -0.1) is 0 Å². The van der Waals surface area contributed by atoms with Crippen LogP contribution in [0.1, 0.15) is 37.9 Å². The molecule has 3 N–H and O–H groups in total. The highest BCUT2D eigenvalue weighted by Gasteiger charge is 2.30. The molecule has 1 atom stereocenters. The third kappa shape index (κ3) is 3.03. The summed E-state index contributed by atoms with van der Waals surface area (Å²) < 4.78 is 5.49. The van der Waals surface area contributed by atoms with Crippen molar-refractivity contribution in [3.05, 3.63) is 29.3 Å². The van der Waals surface area contributed by atoms with E-state index in [1.54, 1.807) is 7.11 Å². The first-order chi connectivity index (χ1) is 8.50. The molecule has 0 aliphatic heterocycles. The van der Waals surface area contributed by atoms with E-state index in [2.05, 4.69) is 38.2 Å². The van der Waals surface area contributed by atoms with Crippen molar-refractivity contribution in [2.45, 2.75) is 33.2 Å².